The normalized spacial score (nSPS) is 20.8. The van der Waals surface area contributed by atoms with Gasteiger partial charge >= 0.3 is 11.9 Å². The molecule has 0 spiro atoms. The van der Waals surface area contributed by atoms with Crippen molar-refractivity contribution in [2.45, 2.75) is 92.4 Å². The van der Waals surface area contributed by atoms with E-state index in [2.05, 4.69) is 0 Å². The van der Waals surface area contributed by atoms with Crippen LogP contribution in [-0.4, -0.2) is 119 Å². The summed E-state index contributed by atoms with van der Waals surface area (Å²) < 4.78 is 10.3. The first-order chi connectivity index (χ1) is 19.2. The van der Waals surface area contributed by atoms with Crippen LogP contribution < -0.4 is 11.5 Å². The highest BCUT2D eigenvalue weighted by molar-refractivity contribution is 6.00. The Balaban J connectivity index is 1.90. The number of hydrogen-bond acceptors (Lipinski definition) is 12. The number of carbonyl (C=O) groups excluding carboxylic acids is 6. The molecular weight excluding hydrogens is 548 g/mol. The van der Waals surface area contributed by atoms with E-state index in [1.165, 1.54) is 0 Å². The summed E-state index contributed by atoms with van der Waals surface area (Å²) in [5.74, 6) is -3.52. The molecule has 2 aliphatic rings. The van der Waals surface area contributed by atoms with Crippen LogP contribution in [0.25, 0.3) is 0 Å². The summed E-state index contributed by atoms with van der Waals surface area (Å²) in [4.78, 5) is 80.7. The summed E-state index contributed by atoms with van der Waals surface area (Å²) in [5.41, 5.74) is 11.4. The van der Waals surface area contributed by atoms with Gasteiger partial charge in [0.1, 0.15) is 12.1 Å². The minimum atomic E-state index is -0.874. The van der Waals surface area contributed by atoms with Crippen LogP contribution in [0.4, 0.5) is 0 Å². The molecule has 14 nitrogen and oxygen atoms in total. The van der Waals surface area contributed by atoms with Crippen molar-refractivity contribution in [3.05, 3.63) is 0 Å². The minimum absolute atomic E-state index is 0.116. The van der Waals surface area contributed by atoms with Gasteiger partial charge in [-0.1, -0.05) is 41.5 Å². The van der Waals surface area contributed by atoms with Crippen LogP contribution in [0.3, 0.4) is 0 Å². The van der Waals surface area contributed by atoms with Crippen LogP contribution >= 0.6 is 0 Å². The van der Waals surface area contributed by atoms with Gasteiger partial charge in [0.2, 0.25) is 23.6 Å². The lowest BCUT2D eigenvalue weighted by Gasteiger charge is -2.43. The number of imide groups is 2. The first-order valence-corrected chi connectivity index (χ1v) is 14.2. The van der Waals surface area contributed by atoms with Gasteiger partial charge in [0.25, 0.3) is 0 Å². The van der Waals surface area contributed by atoms with Gasteiger partial charge in [-0.25, -0.2) is 9.80 Å². The molecule has 2 rings (SSSR count). The molecule has 4 atom stereocenters. The minimum Gasteiger partial charge on any atom is -0.443 e. The first kappa shape index (κ1) is 35.3. The molecule has 2 aliphatic heterocycles. The molecule has 0 aromatic rings. The summed E-state index contributed by atoms with van der Waals surface area (Å²) >= 11 is 0. The van der Waals surface area contributed by atoms with Crippen molar-refractivity contribution in [2.24, 2.45) is 22.3 Å². The third-order valence-electron chi connectivity index (χ3n) is 7.35. The molecule has 2 fully saturated rings. The third kappa shape index (κ3) is 10.1. The lowest BCUT2D eigenvalue weighted by molar-refractivity contribution is -0.169. The zero-order valence-corrected chi connectivity index (χ0v) is 26.2. The molecular formula is C28H48N6O8. The Hall–Kier alpha value is -2.94. The van der Waals surface area contributed by atoms with Crippen LogP contribution in [-0.2, 0) is 38.2 Å². The van der Waals surface area contributed by atoms with E-state index < -0.39 is 61.1 Å². The van der Waals surface area contributed by atoms with E-state index in [0.29, 0.717) is 12.8 Å². The Bertz CT molecular complexity index is 934. The number of piperazine rings is 2. The van der Waals surface area contributed by atoms with E-state index >= 15 is 0 Å². The van der Waals surface area contributed by atoms with Crippen LogP contribution in [0, 0.1) is 10.8 Å². The monoisotopic (exact) mass is 596 g/mol. The number of ether oxygens (including phenoxy) is 2. The molecule has 0 aromatic carbocycles. The molecule has 0 saturated carbocycles. The van der Waals surface area contributed by atoms with Crippen molar-refractivity contribution in [3.8, 4) is 0 Å². The molecule has 2 heterocycles. The first-order valence-electron chi connectivity index (χ1n) is 14.2. The molecule has 0 bridgehead atoms. The second-order valence-corrected chi connectivity index (χ2v) is 13.6. The van der Waals surface area contributed by atoms with Gasteiger partial charge in [0.15, 0.2) is 13.5 Å². The van der Waals surface area contributed by atoms with E-state index in [0.717, 1.165) is 9.80 Å². The number of nitrogens with zero attached hydrogens (tertiary/aromatic N) is 4. The molecule has 42 heavy (non-hydrogen) atoms. The molecule has 4 N–H and O–H groups in total. The van der Waals surface area contributed by atoms with Crippen LogP contribution in [0.5, 0.6) is 0 Å². The van der Waals surface area contributed by atoms with E-state index in [-0.39, 0.29) is 49.1 Å². The maximum Gasteiger partial charge on any atom is 0.324 e. The Labute approximate surface area is 247 Å². The van der Waals surface area contributed by atoms with Crippen molar-refractivity contribution in [1.29, 1.82) is 0 Å². The average Bonchev–Trinajstić information content (AvgIpc) is 2.84. The Morgan fingerprint density at radius 3 is 1.14 bits per heavy atom. The summed E-state index contributed by atoms with van der Waals surface area (Å²) in [7, 11) is 0. The number of hydrogen-bond donors (Lipinski definition) is 2. The summed E-state index contributed by atoms with van der Waals surface area (Å²) in [6.07, 6.45) is 0.764. The van der Waals surface area contributed by atoms with E-state index in [1.54, 1.807) is 23.6 Å². The van der Waals surface area contributed by atoms with Gasteiger partial charge in [-0.15, -0.1) is 0 Å². The van der Waals surface area contributed by atoms with Crippen LogP contribution in [0.15, 0.2) is 0 Å². The predicted octanol–water partition coefficient (Wildman–Crippen LogP) is -0.367. The third-order valence-corrected chi connectivity index (χ3v) is 7.35. The molecule has 2 saturated heterocycles. The Morgan fingerprint density at radius 2 is 0.905 bits per heavy atom. The molecule has 0 aliphatic carbocycles. The number of carbonyl (C=O) groups is 6. The van der Waals surface area contributed by atoms with Crippen molar-refractivity contribution in [3.63, 3.8) is 0 Å². The van der Waals surface area contributed by atoms with Gasteiger partial charge < -0.3 is 20.9 Å². The standard InChI is InChI=1S/C28H48N6O8/c1-17(31-11-21(35)33(22(36)12-31)15-41-25(39)19(29)9-27(3,4)5)18(2)32-13-23(37)34(24(38)14-32)16-42-26(40)20(30)10-28(6,7)8/h17-20H,9-16,29-30H2,1-8H3. The fourth-order valence-electron chi connectivity index (χ4n) is 4.86. The topological polar surface area (TPSA) is 186 Å². The van der Waals surface area contributed by atoms with Crippen molar-refractivity contribution in [2.75, 3.05) is 39.6 Å². The molecule has 4 unspecified atom stereocenters. The maximum atomic E-state index is 12.8. The molecule has 0 radical (unpaired) electrons. The van der Waals surface area contributed by atoms with Crippen molar-refractivity contribution < 1.29 is 38.2 Å². The SMILES string of the molecule is CC(C(C)N1CC(=O)N(COC(=O)C(N)CC(C)(C)C)C(=O)C1)N1CC(=O)N(COC(=O)C(N)CC(C)(C)C)C(=O)C1. The molecule has 4 amide bonds. The van der Waals surface area contributed by atoms with Crippen molar-refractivity contribution >= 4 is 35.6 Å². The summed E-state index contributed by atoms with van der Waals surface area (Å²) in [5, 5.41) is 0. The molecule has 238 valence electrons. The molecule has 14 heteroatoms. The van der Waals surface area contributed by atoms with E-state index in [4.69, 9.17) is 20.9 Å². The quantitative estimate of drug-likeness (QED) is 0.233. The highest BCUT2D eigenvalue weighted by atomic mass is 16.6. The van der Waals surface area contributed by atoms with Gasteiger partial charge in [0.05, 0.1) is 26.2 Å². The van der Waals surface area contributed by atoms with Gasteiger partial charge in [-0.3, -0.25) is 38.6 Å². The van der Waals surface area contributed by atoms with Gasteiger partial charge in [0, 0.05) is 12.1 Å². The van der Waals surface area contributed by atoms with E-state index in [1.807, 2.05) is 41.5 Å². The summed E-state index contributed by atoms with van der Waals surface area (Å²) in [6, 6.07) is -2.52. The van der Waals surface area contributed by atoms with Gasteiger partial charge in [-0.2, -0.15) is 0 Å². The fourth-order valence-corrected chi connectivity index (χ4v) is 4.86. The number of amides is 4. The number of rotatable bonds is 11. The zero-order chi connectivity index (χ0) is 32.2. The van der Waals surface area contributed by atoms with Crippen LogP contribution in [0.1, 0.15) is 68.2 Å². The average molecular weight is 597 g/mol. The van der Waals surface area contributed by atoms with Gasteiger partial charge in [-0.05, 0) is 37.5 Å². The number of esters is 2. The zero-order valence-electron chi connectivity index (χ0n) is 26.2. The van der Waals surface area contributed by atoms with Crippen LogP contribution in [0.2, 0.25) is 0 Å². The van der Waals surface area contributed by atoms with Crippen molar-refractivity contribution in [1.82, 2.24) is 19.6 Å². The largest absolute Gasteiger partial charge is 0.443 e. The molecule has 0 aromatic heterocycles. The highest BCUT2D eigenvalue weighted by Gasteiger charge is 2.40. The lowest BCUT2D eigenvalue weighted by Crippen LogP contribution is -2.63. The highest BCUT2D eigenvalue weighted by Crippen LogP contribution is 2.22. The Morgan fingerprint density at radius 1 is 0.643 bits per heavy atom. The summed E-state index contributed by atoms with van der Waals surface area (Å²) in [6.45, 7) is 13.7. The second kappa shape index (κ2) is 14.0. The number of nitrogens with two attached hydrogens (primary N) is 2. The lowest BCUT2D eigenvalue weighted by atomic mass is 9.88. The Kier molecular flexibility index (Phi) is 11.8. The maximum absolute atomic E-state index is 12.8. The fraction of sp³-hybridized carbons (Fsp3) is 0.786. The predicted molar refractivity (Wildman–Crippen MR) is 152 cm³/mol. The van der Waals surface area contributed by atoms with E-state index in [9.17, 15) is 28.8 Å². The second-order valence-electron chi connectivity index (χ2n) is 13.6. The smallest absolute Gasteiger partial charge is 0.324 e.